The van der Waals surface area contributed by atoms with Crippen LogP contribution in [0, 0.1) is 0 Å². The highest BCUT2D eigenvalue weighted by Crippen LogP contribution is 2.46. The van der Waals surface area contributed by atoms with E-state index in [-0.39, 0.29) is 24.6 Å². The fourth-order valence-corrected chi connectivity index (χ4v) is 6.73. The van der Waals surface area contributed by atoms with Gasteiger partial charge in [-0.2, -0.15) is 0 Å². The van der Waals surface area contributed by atoms with Crippen LogP contribution >= 0.6 is 34.2 Å². The first-order chi connectivity index (χ1) is 16.5. The summed E-state index contributed by atoms with van der Waals surface area (Å²) in [5.74, 6) is 0.00161. The lowest BCUT2D eigenvalue weighted by Crippen LogP contribution is -2.45. The van der Waals surface area contributed by atoms with Crippen molar-refractivity contribution < 1.29 is 15.0 Å². The Kier molecular flexibility index (Phi) is 7.07. The Hall–Kier alpha value is -1.81. The first kappa shape index (κ1) is 23.9. The highest BCUT2D eigenvalue weighted by atomic mass is 127. The van der Waals surface area contributed by atoms with E-state index in [4.69, 9.17) is 16.6 Å². The minimum atomic E-state index is -0.902. The zero-order valence-electron chi connectivity index (χ0n) is 18.7. The lowest BCUT2D eigenvalue weighted by molar-refractivity contribution is 0.0360. The third-order valence-electron chi connectivity index (χ3n) is 7.05. The minimum Gasteiger partial charge on any atom is -0.394 e. The number of halogens is 2. The van der Waals surface area contributed by atoms with E-state index in [0.29, 0.717) is 27.5 Å². The molecule has 1 aromatic carbocycles. The first-order valence-electron chi connectivity index (χ1n) is 11.7. The summed E-state index contributed by atoms with van der Waals surface area (Å²) in [5.41, 5.74) is 4.34. The second kappa shape index (κ2) is 10.0. The number of benzene rings is 1. The molecular weight excluding hydrogens is 565 g/mol. The lowest BCUT2D eigenvalue weighted by atomic mass is 9.90. The third kappa shape index (κ3) is 4.43. The molecule has 3 unspecified atom stereocenters. The van der Waals surface area contributed by atoms with E-state index in [1.54, 1.807) is 18.5 Å². The van der Waals surface area contributed by atoms with Crippen LogP contribution in [0.1, 0.15) is 65.2 Å². The molecule has 34 heavy (non-hydrogen) atoms. The number of fused-ring (bicyclic) bond motifs is 3. The van der Waals surface area contributed by atoms with Crippen LogP contribution in [0.2, 0.25) is 5.15 Å². The van der Waals surface area contributed by atoms with E-state index in [1.165, 1.54) is 6.42 Å². The average Bonchev–Trinajstić information content (AvgIpc) is 3.12. The molecule has 1 aliphatic carbocycles. The van der Waals surface area contributed by atoms with Crippen LogP contribution in [-0.2, 0) is 6.42 Å². The molecule has 0 bridgehead atoms. The van der Waals surface area contributed by atoms with Gasteiger partial charge in [0.25, 0.3) is 5.91 Å². The summed E-state index contributed by atoms with van der Waals surface area (Å²) in [6, 6.07) is 9.46. The number of carbonyl (C=O) groups excluding carboxylic acids is 1. The molecule has 5 rings (SSSR count). The Morgan fingerprint density at radius 3 is 2.76 bits per heavy atom. The summed E-state index contributed by atoms with van der Waals surface area (Å²) < 4.78 is 0.359. The predicted molar refractivity (Wildman–Crippen MR) is 140 cm³/mol. The molecule has 2 aromatic heterocycles. The van der Waals surface area contributed by atoms with Crippen molar-refractivity contribution in [3.63, 3.8) is 0 Å². The molecule has 4 atom stereocenters. The Morgan fingerprint density at radius 1 is 1.21 bits per heavy atom. The van der Waals surface area contributed by atoms with Gasteiger partial charge in [0.1, 0.15) is 5.15 Å². The van der Waals surface area contributed by atoms with E-state index in [2.05, 4.69) is 27.6 Å². The van der Waals surface area contributed by atoms with E-state index in [9.17, 15) is 15.0 Å². The summed E-state index contributed by atoms with van der Waals surface area (Å²) in [7, 11) is 0. The van der Waals surface area contributed by atoms with Gasteiger partial charge in [-0.15, -0.1) is 0 Å². The monoisotopic (exact) mass is 591 g/mol. The molecule has 0 saturated heterocycles. The number of alkyl halides is 1. The molecule has 1 amide bonds. The van der Waals surface area contributed by atoms with Gasteiger partial charge in [0, 0.05) is 45.3 Å². The number of pyridine rings is 2. The number of aromatic nitrogens is 2. The van der Waals surface area contributed by atoms with Crippen LogP contribution in [0.5, 0.6) is 0 Å². The van der Waals surface area contributed by atoms with Crippen LogP contribution in [0.25, 0.3) is 10.9 Å². The maximum absolute atomic E-state index is 13.9. The summed E-state index contributed by atoms with van der Waals surface area (Å²) in [6.45, 7) is -0.334. The second-order valence-corrected chi connectivity index (χ2v) is 11.2. The van der Waals surface area contributed by atoms with Crippen LogP contribution in [0.15, 0.2) is 42.7 Å². The molecule has 2 N–H and O–H groups in total. The van der Waals surface area contributed by atoms with Gasteiger partial charge in [-0.05, 0) is 48.6 Å². The standard InChI is InChI=1S/C26H27ClIN3O3/c27-23-8-7-15(13-30-23)10-16-11-19-24(25-18(16)4-3-9-29-25)22(12-17(33)14-32)31(26(19)34)21-6-2-1-5-20(21)28/h3-4,7-9,11,13,17,20-22,32-33H,1-2,5-6,10,12,14H2/t17?,20?,21-,22?/m0/s1. The van der Waals surface area contributed by atoms with Crippen molar-refractivity contribution in [1.29, 1.82) is 0 Å². The lowest BCUT2D eigenvalue weighted by Gasteiger charge is -2.39. The Bertz CT molecular complexity index is 1210. The number of aliphatic hydroxyl groups excluding tert-OH is 2. The number of nitrogens with zero attached hydrogens (tertiary/aromatic N) is 3. The zero-order chi connectivity index (χ0) is 23.8. The fraction of sp³-hybridized carbons (Fsp3) is 0.423. The topological polar surface area (TPSA) is 86.5 Å². The van der Waals surface area contributed by atoms with Gasteiger partial charge in [0.2, 0.25) is 0 Å². The van der Waals surface area contributed by atoms with Crippen LogP contribution < -0.4 is 0 Å². The van der Waals surface area contributed by atoms with Gasteiger partial charge >= 0.3 is 0 Å². The molecule has 1 saturated carbocycles. The molecule has 1 fully saturated rings. The van der Waals surface area contributed by atoms with Gasteiger partial charge in [-0.25, -0.2) is 4.98 Å². The van der Waals surface area contributed by atoms with E-state index < -0.39 is 6.10 Å². The van der Waals surface area contributed by atoms with E-state index in [0.717, 1.165) is 46.9 Å². The summed E-state index contributed by atoms with van der Waals surface area (Å²) in [4.78, 5) is 24.8. The maximum Gasteiger partial charge on any atom is 0.255 e. The van der Waals surface area contributed by atoms with Crippen molar-refractivity contribution in [3.8, 4) is 0 Å². The van der Waals surface area contributed by atoms with Gasteiger partial charge < -0.3 is 15.1 Å². The molecule has 0 radical (unpaired) electrons. The van der Waals surface area contributed by atoms with Crippen LogP contribution in [0.4, 0.5) is 0 Å². The van der Waals surface area contributed by atoms with E-state index in [1.807, 2.05) is 29.2 Å². The summed E-state index contributed by atoms with van der Waals surface area (Å²) in [5, 5.41) is 21.5. The largest absolute Gasteiger partial charge is 0.394 e. The fourth-order valence-electron chi connectivity index (χ4n) is 5.47. The third-order valence-corrected chi connectivity index (χ3v) is 8.72. The predicted octanol–water partition coefficient (Wildman–Crippen LogP) is 4.86. The van der Waals surface area contributed by atoms with Gasteiger partial charge in [-0.1, -0.05) is 59.2 Å². The maximum atomic E-state index is 13.9. The molecule has 3 aromatic rings. The summed E-state index contributed by atoms with van der Waals surface area (Å²) in [6.07, 6.45) is 7.80. The van der Waals surface area contributed by atoms with E-state index >= 15 is 0 Å². The van der Waals surface area contributed by atoms with Crippen molar-refractivity contribution in [2.45, 2.75) is 60.6 Å². The highest BCUT2D eigenvalue weighted by molar-refractivity contribution is 14.1. The minimum absolute atomic E-state index is 0.00161. The van der Waals surface area contributed by atoms with Crippen molar-refractivity contribution in [2.75, 3.05) is 6.61 Å². The Labute approximate surface area is 217 Å². The quantitative estimate of drug-likeness (QED) is 0.243. The highest BCUT2D eigenvalue weighted by Gasteiger charge is 2.45. The molecule has 3 heterocycles. The van der Waals surface area contributed by atoms with Crippen LogP contribution in [0.3, 0.4) is 0 Å². The Morgan fingerprint density at radius 2 is 2.03 bits per heavy atom. The van der Waals surface area contributed by atoms with Crippen molar-refractivity contribution in [2.24, 2.45) is 0 Å². The number of hydrogen-bond donors (Lipinski definition) is 2. The molecule has 178 valence electrons. The number of carbonyl (C=O) groups is 1. The van der Waals surface area contributed by atoms with Crippen molar-refractivity contribution in [3.05, 3.63) is 70.1 Å². The number of amides is 1. The van der Waals surface area contributed by atoms with Crippen molar-refractivity contribution in [1.82, 2.24) is 14.9 Å². The molecule has 1 aliphatic heterocycles. The van der Waals surface area contributed by atoms with Gasteiger partial charge in [0.15, 0.2) is 0 Å². The molecular formula is C26H27ClIN3O3. The smallest absolute Gasteiger partial charge is 0.255 e. The van der Waals surface area contributed by atoms with Crippen LogP contribution in [-0.4, -0.2) is 53.7 Å². The molecule has 0 spiro atoms. The van der Waals surface area contributed by atoms with Crippen molar-refractivity contribution >= 4 is 51.0 Å². The first-order valence-corrected chi connectivity index (χ1v) is 13.4. The zero-order valence-corrected chi connectivity index (χ0v) is 21.6. The number of hydrogen-bond acceptors (Lipinski definition) is 5. The average molecular weight is 592 g/mol. The SMILES string of the molecule is O=C1c2cc(Cc3ccc(Cl)nc3)c3cccnc3c2C(CC(O)CO)N1[C@H]1CCCCC1I. The molecule has 6 nitrogen and oxygen atoms in total. The normalized spacial score (nSPS) is 23.4. The Balaban J connectivity index is 1.64. The summed E-state index contributed by atoms with van der Waals surface area (Å²) >= 11 is 8.44. The molecule has 2 aliphatic rings. The molecule has 8 heteroatoms. The second-order valence-electron chi connectivity index (χ2n) is 9.23. The number of aliphatic hydroxyl groups is 2. The van der Waals surface area contributed by atoms with Gasteiger partial charge in [0.05, 0.1) is 24.3 Å². The number of rotatable bonds is 6. The van der Waals surface area contributed by atoms with Gasteiger partial charge in [-0.3, -0.25) is 9.78 Å².